The number of carboxylic acid groups (broad SMARTS) is 1. The van der Waals surface area contributed by atoms with Crippen LogP contribution in [0.3, 0.4) is 0 Å². The maximum absolute atomic E-state index is 11.2. The Balaban J connectivity index is 2.13. The van der Waals surface area contributed by atoms with Crippen molar-refractivity contribution >= 4 is 33.9 Å². The summed E-state index contributed by atoms with van der Waals surface area (Å²) in [4.78, 5) is 27.7. The van der Waals surface area contributed by atoms with E-state index in [9.17, 15) is 20.0 Å². The van der Waals surface area contributed by atoms with Crippen molar-refractivity contribution in [2.24, 2.45) is 0 Å². The van der Waals surface area contributed by atoms with E-state index in [1.165, 1.54) is 26.8 Å². The number of aliphatic hydroxyl groups is 1. The summed E-state index contributed by atoms with van der Waals surface area (Å²) in [6, 6.07) is -1.01. The minimum absolute atomic E-state index is 0.00852. The standard InChI is InChI=1S/C10H10N4O5S/c15-5-3-6(9(16)17)13(4-5)7-8(14(18)19)12-1-2-20-10(12)11-7/h1-2,5-6,15H,3-4H2,(H,16,17). The zero-order valence-corrected chi connectivity index (χ0v) is 10.9. The maximum Gasteiger partial charge on any atom is 0.373 e. The Morgan fingerprint density at radius 2 is 2.35 bits per heavy atom. The van der Waals surface area contributed by atoms with Gasteiger partial charge in [0.25, 0.3) is 4.96 Å². The lowest BCUT2D eigenvalue weighted by Gasteiger charge is -2.19. The molecule has 1 aliphatic heterocycles. The van der Waals surface area contributed by atoms with Gasteiger partial charge in [-0.2, -0.15) is 9.38 Å². The molecule has 0 aliphatic carbocycles. The van der Waals surface area contributed by atoms with Crippen LogP contribution in [0.25, 0.3) is 4.96 Å². The molecule has 2 aromatic heterocycles. The number of fused-ring (bicyclic) bond motifs is 1. The molecule has 20 heavy (non-hydrogen) atoms. The molecule has 10 heteroatoms. The molecular weight excluding hydrogens is 288 g/mol. The lowest BCUT2D eigenvalue weighted by molar-refractivity contribution is -0.389. The van der Waals surface area contributed by atoms with E-state index >= 15 is 0 Å². The van der Waals surface area contributed by atoms with Crippen LogP contribution in [-0.2, 0) is 4.79 Å². The van der Waals surface area contributed by atoms with Crippen LogP contribution in [0.2, 0.25) is 0 Å². The zero-order valence-electron chi connectivity index (χ0n) is 10.0. The van der Waals surface area contributed by atoms with Crippen LogP contribution in [0, 0.1) is 10.1 Å². The molecule has 0 aromatic carbocycles. The molecule has 3 heterocycles. The number of anilines is 1. The van der Waals surface area contributed by atoms with Crippen LogP contribution in [0.4, 0.5) is 11.6 Å². The van der Waals surface area contributed by atoms with Crippen molar-refractivity contribution in [2.45, 2.75) is 18.6 Å². The topological polar surface area (TPSA) is 121 Å². The summed E-state index contributed by atoms with van der Waals surface area (Å²) in [7, 11) is 0. The molecule has 1 saturated heterocycles. The molecule has 9 nitrogen and oxygen atoms in total. The highest BCUT2D eigenvalue weighted by atomic mass is 32.1. The monoisotopic (exact) mass is 298 g/mol. The molecular formula is C10H10N4O5S. The lowest BCUT2D eigenvalue weighted by atomic mass is 10.2. The third-order valence-electron chi connectivity index (χ3n) is 3.23. The second kappa shape index (κ2) is 4.42. The number of carboxylic acids is 1. The summed E-state index contributed by atoms with van der Waals surface area (Å²) in [5.74, 6) is -1.42. The molecule has 2 N–H and O–H groups in total. The molecule has 0 amide bonds. The Kier molecular flexibility index (Phi) is 2.83. The van der Waals surface area contributed by atoms with Gasteiger partial charge in [-0.15, -0.1) is 0 Å². The number of β-amino-alcohol motifs (C(OH)–C–C–N with tert-alkyl or cyclic N) is 1. The molecule has 2 aromatic rings. The first-order valence-corrected chi connectivity index (χ1v) is 6.64. The predicted molar refractivity (Wildman–Crippen MR) is 69.1 cm³/mol. The van der Waals surface area contributed by atoms with Crippen LogP contribution in [0.5, 0.6) is 0 Å². The van der Waals surface area contributed by atoms with Gasteiger partial charge in [-0.05, 0) is 4.92 Å². The Morgan fingerprint density at radius 1 is 1.60 bits per heavy atom. The third kappa shape index (κ3) is 1.80. The minimum Gasteiger partial charge on any atom is -0.480 e. The number of aromatic nitrogens is 2. The first-order chi connectivity index (χ1) is 9.49. The molecule has 0 spiro atoms. The van der Waals surface area contributed by atoms with Crippen molar-refractivity contribution in [1.29, 1.82) is 0 Å². The molecule has 0 bridgehead atoms. The first kappa shape index (κ1) is 12.8. The second-order valence-electron chi connectivity index (χ2n) is 4.47. The first-order valence-electron chi connectivity index (χ1n) is 5.76. The van der Waals surface area contributed by atoms with Crippen LogP contribution < -0.4 is 4.90 Å². The third-order valence-corrected chi connectivity index (χ3v) is 3.98. The Morgan fingerprint density at radius 3 is 3.00 bits per heavy atom. The van der Waals surface area contributed by atoms with E-state index < -0.39 is 23.0 Å². The Labute approximate surface area is 115 Å². The Hall–Kier alpha value is -2.20. The van der Waals surface area contributed by atoms with Crippen LogP contribution >= 0.6 is 11.3 Å². The van der Waals surface area contributed by atoms with E-state index in [1.807, 2.05) is 0 Å². The van der Waals surface area contributed by atoms with Gasteiger partial charge in [0.15, 0.2) is 0 Å². The summed E-state index contributed by atoms with van der Waals surface area (Å²) in [5.41, 5.74) is 0. The molecule has 106 valence electrons. The van der Waals surface area contributed by atoms with Crippen LogP contribution in [0.1, 0.15) is 6.42 Å². The van der Waals surface area contributed by atoms with E-state index in [1.54, 1.807) is 5.38 Å². The highest BCUT2D eigenvalue weighted by molar-refractivity contribution is 7.15. The number of aliphatic hydroxyl groups excluding tert-OH is 1. The summed E-state index contributed by atoms with van der Waals surface area (Å²) in [6.45, 7) is 0.0165. The van der Waals surface area contributed by atoms with Gasteiger partial charge in [0.2, 0.25) is 5.82 Å². The van der Waals surface area contributed by atoms with Gasteiger partial charge < -0.3 is 25.2 Å². The quantitative estimate of drug-likeness (QED) is 0.618. The van der Waals surface area contributed by atoms with Crippen molar-refractivity contribution in [3.63, 3.8) is 0 Å². The van der Waals surface area contributed by atoms with Gasteiger partial charge in [-0.3, -0.25) is 0 Å². The van der Waals surface area contributed by atoms with Gasteiger partial charge in [0.1, 0.15) is 12.2 Å². The minimum atomic E-state index is -1.13. The van der Waals surface area contributed by atoms with Crippen molar-refractivity contribution < 1.29 is 19.9 Å². The van der Waals surface area contributed by atoms with Crippen molar-refractivity contribution in [2.75, 3.05) is 11.4 Å². The predicted octanol–water partition coefficient (Wildman–Crippen LogP) is 0.328. The van der Waals surface area contributed by atoms with Gasteiger partial charge in [-0.1, -0.05) is 11.3 Å². The SMILES string of the molecule is O=C(O)C1CC(O)CN1c1nc2sccn2c1[N+](=O)[O-]. The summed E-state index contributed by atoms with van der Waals surface area (Å²) < 4.78 is 1.31. The maximum atomic E-state index is 11.2. The van der Waals surface area contributed by atoms with E-state index in [2.05, 4.69) is 4.98 Å². The fourth-order valence-corrected chi connectivity index (χ4v) is 3.11. The molecule has 2 unspecified atom stereocenters. The average molecular weight is 298 g/mol. The van der Waals surface area contributed by atoms with Crippen LogP contribution in [-0.4, -0.2) is 49.2 Å². The molecule has 3 rings (SSSR count). The van der Waals surface area contributed by atoms with Gasteiger partial charge in [0, 0.05) is 18.3 Å². The zero-order chi connectivity index (χ0) is 14.4. The normalized spacial score (nSPS) is 22.6. The van der Waals surface area contributed by atoms with Crippen molar-refractivity contribution in [1.82, 2.24) is 9.38 Å². The van der Waals surface area contributed by atoms with E-state index in [-0.39, 0.29) is 24.6 Å². The van der Waals surface area contributed by atoms with Gasteiger partial charge >= 0.3 is 11.8 Å². The summed E-state index contributed by atoms with van der Waals surface area (Å²) >= 11 is 1.22. The van der Waals surface area contributed by atoms with Gasteiger partial charge in [-0.25, -0.2) is 4.79 Å². The van der Waals surface area contributed by atoms with E-state index in [0.29, 0.717) is 4.96 Å². The fourth-order valence-electron chi connectivity index (χ4n) is 2.41. The highest BCUT2D eigenvalue weighted by Gasteiger charge is 2.41. The summed E-state index contributed by atoms with van der Waals surface area (Å²) in [5, 5.41) is 31.7. The number of imidazole rings is 1. The fraction of sp³-hybridized carbons (Fsp3) is 0.400. The number of thiazole rings is 1. The van der Waals surface area contributed by atoms with Crippen molar-refractivity contribution in [3.8, 4) is 0 Å². The summed E-state index contributed by atoms with van der Waals surface area (Å²) in [6.07, 6.45) is 0.699. The molecule has 1 aliphatic rings. The Bertz CT molecular complexity index is 695. The number of nitro groups is 1. The number of hydrogen-bond acceptors (Lipinski definition) is 7. The highest BCUT2D eigenvalue weighted by Crippen LogP contribution is 2.35. The number of aliphatic carboxylic acids is 1. The molecule has 0 radical (unpaired) electrons. The average Bonchev–Trinajstić information content (AvgIpc) is 2.99. The van der Waals surface area contributed by atoms with Crippen molar-refractivity contribution in [3.05, 3.63) is 21.7 Å². The second-order valence-corrected chi connectivity index (χ2v) is 5.34. The smallest absolute Gasteiger partial charge is 0.373 e. The molecule has 2 atom stereocenters. The number of hydrogen-bond donors (Lipinski definition) is 2. The van der Waals surface area contributed by atoms with Gasteiger partial charge in [0.05, 0.1) is 6.10 Å². The number of rotatable bonds is 3. The molecule has 0 saturated carbocycles. The lowest BCUT2D eigenvalue weighted by Crippen LogP contribution is -2.36. The molecule has 1 fully saturated rings. The van der Waals surface area contributed by atoms with Crippen LogP contribution in [0.15, 0.2) is 11.6 Å². The van der Waals surface area contributed by atoms with E-state index in [0.717, 1.165) is 0 Å². The largest absolute Gasteiger partial charge is 0.480 e. The number of carbonyl (C=O) groups is 1. The van der Waals surface area contributed by atoms with E-state index in [4.69, 9.17) is 5.11 Å². The number of nitrogens with zero attached hydrogens (tertiary/aromatic N) is 4.